The number of para-hydroxylation sites is 1. The van der Waals surface area contributed by atoms with Gasteiger partial charge in [-0.1, -0.05) is 18.2 Å². The Balaban J connectivity index is 2.44. The van der Waals surface area contributed by atoms with Crippen molar-refractivity contribution in [1.29, 1.82) is 0 Å². The van der Waals surface area contributed by atoms with E-state index in [1.165, 1.54) is 4.31 Å². The number of rotatable bonds is 2. The first kappa shape index (κ1) is 15.3. The normalized spacial score (nSPS) is 20.4. The van der Waals surface area contributed by atoms with Crippen LogP contribution in [0.4, 0.5) is 5.69 Å². The van der Waals surface area contributed by atoms with Crippen LogP contribution in [0.5, 0.6) is 0 Å². The van der Waals surface area contributed by atoms with Gasteiger partial charge in [0.2, 0.25) is 0 Å². The van der Waals surface area contributed by atoms with Gasteiger partial charge in [-0.25, -0.2) is 0 Å². The topological polar surface area (TPSA) is 75.4 Å². The molecule has 1 aromatic carbocycles. The molecule has 1 atom stereocenters. The van der Waals surface area contributed by atoms with Crippen molar-refractivity contribution in [3.05, 3.63) is 29.8 Å². The first-order chi connectivity index (χ1) is 9.21. The van der Waals surface area contributed by atoms with Gasteiger partial charge in [0.25, 0.3) is 0 Å². The summed E-state index contributed by atoms with van der Waals surface area (Å²) >= 11 is 0. The highest BCUT2D eigenvalue weighted by atomic mass is 32.2. The van der Waals surface area contributed by atoms with Crippen molar-refractivity contribution in [1.82, 2.24) is 4.72 Å². The van der Waals surface area contributed by atoms with Gasteiger partial charge in [0.15, 0.2) is 0 Å². The van der Waals surface area contributed by atoms with Crippen molar-refractivity contribution in [2.75, 3.05) is 10.8 Å². The minimum Gasteiger partial charge on any atom is -0.324 e. The summed E-state index contributed by atoms with van der Waals surface area (Å²) in [4.78, 5) is 0. The van der Waals surface area contributed by atoms with E-state index in [-0.39, 0.29) is 6.04 Å². The van der Waals surface area contributed by atoms with Crippen LogP contribution in [0.25, 0.3) is 0 Å². The molecule has 0 spiro atoms. The molecule has 0 aliphatic carbocycles. The molecular formula is C14H23N3O2S. The summed E-state index contributed by atoms with van der Waals surface area (Å²) in [6.45, 7) is 5.95. The molecule has 0 amide bonds. The quantitative estimate of drug-likeness (QED) is 0.875. The van der Waals surface area contributed by atoms with Crippen molar-refractivity contribution in [3.8, 4) is 0 Å². The number of nitrogens with one attached hydrogen (secondary N) is 1. The zero-order chi connectivity index (χ0) is 15.0. The van der Waals surface area contributed by atoms with Gasteiger partial charge in [-0.3, -0.25) is 4.31 Å². The van der Waals surface area contributed by atoms with E-state index < -0.39 is 15.7 Å². The molecule has 1 aliphatic rings. The van der Waals surface area contributed by atoms with E-state index >= 15 is 0 Å². The van der Waals surface area contributed by atoms with Gasteiger partial charge >= 0.3 is 10.2 Å². The van der Waals surface area contributed by atoms with Gasteiger partial charge in [0.05, 0.1) is 5.69 Å². The van der Waals surface area contributed by atoms with Crippen LogP contribution in [0.1, 0.15) is 45.2 Å². The Morgan fingerprint density at radius 3 is 2.60 bits per heavy atom. The Hall–Kier alpha value is -1.11. The number of benzene rings is 1. The standard InChI is InChI=1S/C14H23N3O2S/c1-14(2,3)16-20(18,19)17-10-6-8-12(15)11-7-4-5-9-13(11)17/h4-5,7,9,12,16H,6,8,10,15H2,1-3H3. The summed E-state index contributed by atoms with van der Waals surface area (Å²) < 4.78 is 29.3. The molecule has 0 bridgehead atoms. The maximum atomic E-state index is 12.6. The number of anilines is 1. The molecule has 3 N–H and O–H groups in total. The number of nitrogens with two attached hydrogens (primary N) is 1. The van der Waals surface area contributed by atoms with E-state index in [4.69, 9.17) is 5.73 Å². The third kappa shape index (κ3) is 3.31. The number of hydrogen-bond donors (Lipinski definition) is 2. The van der Waals surface area contributed by atoms with Crippen LogP contribution in [-0.2, 0) is 10.2 Å². The average Bonchev–Trinajstić information content (AvgIpc) is 2.47. The molecule has 0 saturated heterocycles. The first-order valence-electron chi connectivity index (χ1n) is 6.87. The van der Waals surface area contributed by atoms with Crippen LogP contribution in [0.15, 0.2) is 24.3 Å². The lowest BCUT2D eigenvalue weighted by Gasteiger charge is -2.29. The molecule has 112 valence electrons. The highest BCUT2D eigenvalue weighted by molar-refractivity contribution is 7.90. The van der Waals surface area contributed by atoms with Crippen molar-refractivity contribution in [3.63, 3.8) is 0 Å². The molecule has 6 heteroatoms. The van der Waals surface area contributed by atoms with Gasteiger partial charge in [-0.2, -0.15) is 13.1 Å². The Kier molecular flexibility index (Phi) is 4.09. The van der Waals surface area contributed by atoms with Crippen molar-refractivity contribution in [2.24, 2.45) is 5.73 Å². The van der Waals surface area contributed by atoms with Gasteiger partial charge in [-0.15, -0.1) is 0 Å². The van der Waals surface area contributed by atoms with Crippen molar-refractivity contribution >= 4 is 15.9 Å². The van der Waals surface area contributed by atoms with E-state index in [2.05, 4.69) is 4.72 Å². The van der Waals surface area contributed by atoms with Crippen LogP contribution in [0.3, 0.4) is 0 Å². The Morgan fingerprint density at radius 1 is 1.30 bits per heavy atom. The fourth-order valence-corrected chi connectivity index (χ4v) is 4.13. The minimum atomic E-state index is -3.57. The second-order valence-corrected chi connectivity index (χ2v) is 7.83. The molecule has 1 heterocycles. The molecule has 0 aromatic heterocycles. The summed E-state index contributed by atoms with van der Waals surface area (Å²) in [6.07, 6.45) is 1.54. The predicted molar refractivity (Wildman–Crippen MR) is 81.8 cm³/mol. The SMILES string of the molecule is CC(C)(C)NS(=O)(=O)N1CCCC(N)c2ccccc21. The molecule has 1 aromatic rings. The van der Waals surface area contributed by atoms with Gasteiger partial charge in [0, 0.05) is 18.1 Å². The maximum absolute atomic E-state index is 12.6. The van der Waals surface area contributed by atoms with Gasteiger partial charge < -0.3 is 5.73 Å². The minimum absolute atomic E-state index is 0.110. The second kappa shape index (κ2) is 5.35. The smallest absolute Gasteiger partial charge is 0.302 e. The lowest BCUT2D eigenvalue weighted by molar-refractivity contribution is 0.488. The third-order valence-corrected chi connectivity index (χ3v) is 5.04. The summed E-state index contributed by atoms with van der Waals surface area (Å²) in [5, 5.41) is 0. The van der Waals surface area contributed by atoms with Gasteiger partial charge in [-0.05, 0) is 45.2 Å². The Morgan fingerprint density at radius 2 is 1.95 bits per heavy atom. The fourth-order valence-electron chi connectivity index (χ4n) is 2.45. The number of hydrogen-bond acceptors (Lipinski definition) is 3. The molecule has 2 rings (SSSR count). The largest absolute Gasteiger partial charge is 0.324 e. The number of nitrogens with zero attached hydrogens (tertiary/aromatic N) is 1. The zero-order valence-electron chi connectivity index (χ0n) is 12.3. The molecule has 1 aliphatic heterocycles. The predicted octanol–water partition coefficient (Wildman–Crippen LogP) is 1.92. The summed E-state index contributed by atoms with van der Waals surface area (Å²) in [5.74, 6) is 0. The molecule has 0 fully saturated rings. The molecule has 1 unspecified atom stereocenters. The zero-order valence-corrected chi connectivity index (χ0v) is 13.1. The highest BCUT2D eigenvalue weighted by Gasteiger charge is 2.31. The van der Waals surface area contributed by atoms with E-state index in [0.717, 1.165) is 18.4 Å². The average molecular weight is 297 g/mol. The molecule has 5 nitrogen and oxygen atoms in total. The van der Waals surface area contributed by atoms with Crippen molar-refractivity contribution < 1.29 is 8.42 Å². The monoisotopic (exact) mass is 297 g/mol. The maximum Gasteiger partial charge on any atom is 0.302 e. The fraction of sp³-hybridized carbons (Fsp3) is 0.571. The summed E-state index contributed by atoms with van der Waals surface area (Å²) in [5.41, 5.74) is 7.21. The van der Waals surface area contributed by atoms with Crippen LogP contribution >= 0.6 is 0 Å². The number of fused-ring (bicyclic) bond motifs is 1. The van der Waals surface area contributed by atoms with E-state index in [0.29, 0.717) is 12.2 Å². The van der Waals surface area contributed by atoms with Crippen LogP contribution < -0.4 is 14.8 Å². The molecular weight excluding hydrogens is 274 g/mol. The lowest BCUT2D eigenvalue weighted by atomic mass is 10.0. The molecule has 0 saturated carbocycles. The van der Waals surface area contributed by atoms with E-state index in [9.17, 15) is 8.42 Å². The lowest BCUT2D eigenvalue weighted by Crippen LogP contribution is -2.49. The first-order valence-corrected chi connectivity index (χ1v) is 8.31. The molecule has 0 radical (unpaired) electrons. The highest BCUT2D eigenvalue weighted by Crippen LogP contribution is 2.32. The second-order valence-electron chi connectivity index (χ2n) is 6.24. The van der Waals surface area contributed by atoms with Crippen LogP contribution in [-0.4, -0.2) is 20.5 Å². The Bertz CT molecular complexity index is 578. The summed E-state index contributed by atoms with van der Waals surface area (Å²) in [7, 11) is -3.57. The van der Waals surface area contributed by atoms with Gasteiger partial charge in [0.1, 0.15) is 0 Å². The molecule has 20 heavy (non-hydrogen) atoms. The van der Waals surface area contributed by atoms with E-state index in [1.54, 1.807) is 0 Å². The summed E-state index contributed by atoms with van der Waals surface area (Å²) in [6, 6.07) is 7.36. The Labute approximate surface area is 121 Å². The van der Waals surface area contributed by atoms with Crippen LogP contribution in [0, 0.1) is 0 Å². The third-order valence-electron chi connectivity index (χ3n) is 3.21. The van der Waals surface area contributed by atoms with Crippen LogP contribution in [0.2, 0.25) is 0 Å². The van der Waals surface area contributed by atoms with E-state index in [1.807, 2.05) is 45.0 Å². The van der Waals surface area contributed by atoms with Crippen molar-refractivity contribution in [2.45, 2.75) is 45.2 Å².